The van der Waals surface area contributed by atoms with E-state index in [0.717, 1.165) is 0 Å². The van der Waals surface area contributed by atoms with Crippen molar-refractivity contribution in [1.29, 1.82) is 0 Å². The Hall–Kier alpha value is -6.53. The van der Waals surface area contributed by atoms with E-state index in [1.807, 2.05) is 10.6 Å². The van der Waals surface area contributed by atoms with Gasteiger partial charge in [0.15, 0.2) is 0 Å². The quantitative estimate of drug-likeness (QED) is 0.0678. The first-order chi connectivity index (χ1) is 24.5. The standard InChI is InChI=1S/C33H40N6O13/c34-28(44)22(15-18-7-3-1-4-8-18)37-29(45)23(16-19-9-5-2-6-10-19)35-26(41)17-24(32(50)51)36-25(40)13-11-20(30(46)47)38-33(52)39-21(31(48)49)12-14-27(42)43/h1-10,20-24H,11-17H2,(H2,34,44)(H,35,41)(H,36,40)(H,37,45)(H,42,43)(H,46,47)(H,48,49)(H,50,51)(H2,38,39,52)/t20-,21-,22-,23-,24-/m0/s1. The van der Waals surface area contributed by atoms with Crippen molar-refractivity contribution in [2.45, 2.75) is 75.2 Å². The topological polar surface area (TPSA) is 321 Å². The first-order valence-electron chi connectivity index (χ1n) is 15.8. The third-order valence-corrected chi connectivity index (χ3v) is 7.41. The molecule has 0 radical (unpaired) electrons. The summed E-state index contributed by atoms with van der Waals surface area (Å²) < 4.78 is 0. The van der Waals surface area contributed by atoms with Crippen LogP contribution in [0.15, 0.2) is 60.7 Å². The van der Waals surface area contributed by atoms with E-state index in [2.05, 4.69) is 16.0 Å². The van der Waals surface area contributed by atoms with E-state index >= 15 is 0 Å². The Labute approximate surface area is 296 Å². The van der Waals surface area contributed by atoms with E-state index in [1.165, 1.54) is 0 Å². The normalized spacial score (nSPS) is 13.5. The van der Waals surface area contributed by atoms with Crippen LogP contribution in [0.2, 0.25) is 0 Å². The van der Waals surface area contributed by atoms with Crippen molar-refractivity contribution in [3.05, 3.63) is 71.8 Å². The number of carboxylic acid groups (broad SMARTS) is 4. The number of amides is 6. The van der Waals surface area contributed by atoms with Crippen molar-refractivity contribution in [2.24, 2.45) is 5.73 Å². The molecule has 19 nitrogen and oxygen atoms in total. The number of nitrogens with one attached hydrogen (secondary N) is 5. The van der Waals surface area contributed by atoms with Gasteiger partial charge in [-0.15, -0.1) is 0 Å². The van der Waals surface area contributed by atoms with Gasteiger partial charge in [0.05, 0.1) is 6.42 Å². The molecular weight excluding hydrogens is 688 g/mol. The number of benzene rings is 2. The fraction of sp³-hybridized carbons (Fsp3) is 0.364. The van der Waals surface area contributed by atoms with E-state index in [1.54, 1.807) is 60.7 Å². The Morgan fingerprint density at radius 3 is 1.40 bits per heavy atom. The maximum Gasteiger partial charge on any atom is 0.326 e. The molecule has 19 heteroatoms. The predicted octanol–water partition coefficient (Wildman–Crippen LogP) is -1.26. The molecule has 0 saturated carbocycles. The van der Waals surface area contributed by atoms with Crippen LogP contribution < -0.4 is 32.3 Å². The Morgan fingerprint density at radius 1 is 0.519 bits per heavy atom. The number of nitrogens with two attached hydrogens (primary N) is 1. The molecule has 0 saturated heterocycles. The minimum absolute atomic E-state index is 0.0552. The summed E-state index contributed by atoms with van der Waals surface area (Å²) >= 11 is 0. The highest BCUT2D eigenvalue weighted by molar-refractivity contribution is 5.94. The van der Waals surface area contributed by atoms with Gasteiger partial charge in [0, 0.05) is 25.7 Å². The lowest BCUT2D eigenvalue weighted by atomic mass is 10.0. The molecule has 2 aromatic rings. The van der Waals surface area contributed by atoms with E-state index in [0.29, 0.717) is 11.1 Å². The highest BCUT2D eigenvalue weighted by Gasteiger charge is 2.30. The van der Waals surface area contributed by atoms with Gasteiger partial charge >= 0.3 is 29.9 Å². The van der Waals surface area contributed by atoms with Crippen molar-refractivity contribution in [3.63, 3.8) is 0 Å². The van der Waals surface area contributed by atoms with Crippen LogP contribution >= 0.6 is 0 Å². The van der Waals surface area contributed by atoms with Gasteiger partial charge in [0.1, 0.15) is 30.2 Å². The van der Waals surface area contributed by atoms with Crippen LogP contribution in [-0.2, 0) is 51.2 Å². The van der Waals surface area contributed by atoms with Gasteiger partial charge in [0.25, 0.3) is 0 Å². The number of primary amides is 1. The lowest BCUT2D eigenvalue weighted by molar-refractivity contribution is -0.144. The second-order valence-electron chi connectivity index (χ2n) is 11.5. The average Bonchev–Trinajstić information content (AvgIpc) is 3.08. The van der Waals surface area contributed by atoms with Gasteiger partial charge in [-0.1, -0.05) is 60.7 Å². The second-order valence-corrected chi connectivity index (χ2v) is 11.5. The Balaban J connectivity index is 2.06. The van der Waals surface area contributed by atoms with Gasteiger partial charge < -0.3 is 52.7 Å². The zero-order valence-electron chi connectivity index (χ0n) is 27.7. The number of urea groups is 1. The maximum absolute atomic E-state index is 13.4. The highest BCUT2D eigenvalue weighted by atomic mass is 16.4. The monoisotopic (exact) mass is 728 g/mol. The Morgan fingerprint density at radius 2 is 0.962 bits per heavy atom. The first-order valence-corrected chi connectivity index (χ1v) is 15.8. The van der Waals surface area contributed by atoms with E-state index in [9.17, 15) is 58.5 Å². The maximum atomic E-state index is 13.4. The van der Waals surface area contributed by atoms with Crippen LogP contribution in [0.25, 0.3) is 0 Å². The average molecular weight is 729 g/mol. The summed E-state index contributed by atoms with van der Waals surface area (Å²) in [7, 11) is 0. The number of aliphatic carboxylic acids is 4. The largest absolute Gasteiger partial charge is 0.481 e. The van der Waals surface area contributed by atoms with Gasteiger partial charge in [-0.25, -0.2) is 19.2 Å². The molecule has 11 N–H and O–H groups in total. The van der Waals surface area contributed by atoms with E-state index in [4.69, 9.17) is 10.8 Å². The van der Waals surface area contributed by atoms with E-state index < -0.39 is 116 Å². The van der Waals surface area contributed by atoms with Crippen LogP contribution in [0, 0.1) is 0 Å². The molecule has 6 amide bonds. The molecule has 52 heavy (non-hydrogen) atoms. The summed E-state index contributed by atoms with van der Waals surface area (Å²) in [6.45, 7) is 0. The SMILES string of the molecule is NC(=O)[C@H](Cc1ccccc1)NC(=O)[C@H](Cc1ccccc1)NC(=O)C[C@H](NC(=O)CC[C@H](NC(=O)N[C@@H](CCC(=O)O)C(=O)O)C(=O)O)C(=O)O. The minimum Gasteiger partial charge on any atom is -0.481 e. The lowest BCUT2D eigenvalue weighted by Crippen LogP contribution is -2.55. The number of hydrogen-bond acceptors (Lipinski definition) is 9. The number of carboxylic acids is 4. The molecule has 280 valence electrons. The lowest BCUT2D eigenvalue weighted by Gasteiger charge is -2.23. The number of carbonyl (C=O) groups is 9. The van der Waals surface area contributed by atoms with Crippen LogP contribution in [0.4, 0.5) is 4.79 Å². The molecule has 0 heterocycles. The van der Waals surface area contributed by atoms with Crippen LogP contribution in [-0.4, -0.2) is 104 Å². The predicted molar refractivity (Wildman–Crippen MR) is 178 cm³/mol. The van der Waals surface area contributed by atoms with Crippen LogP contribution in [0.3, 0.4) is 0 Å². The molecule has 0 aliphatic heterocycles. The van der Waals surface area contributed by atoms with Gasteiger partial charge in [0.2, 0.25) is 23.6 Å². The minimum atomic E-state index is -1.84. The summed E-state index contributed by atoms with van der Waals surface area (Å²) in [4.78, 5) is 109. The second kappa shape index (κ2) is 20.9. The summed E-state index contributed by atoms with van der Waals surface area (Å²) in [5, 5.41) is 48.0. The molecule has 2 rings (SSSR count). The van der Waals surface area contributed by atoms with E-state index in [-0.39, 0.29) is 12.8 Å². The molecular formula is C33H40N6O13. The highest BCUT2D eigenvalue weighted by Crippen LogP contribution is 2.08. The molecule has 0 spiro atoms. The zero-order chi connectivity index (χ0) is 38.8. The molecule has 0 aromatic heterocycles. The molecule has 2 aromatic carbocycles. The van der Waals surface area contributed by atoms with Gasteiger partial charge in [-0.05, 0) is 24.0 Å². The molecule has 0 aliphatic carbocycles. The summed E-state index contributed by atoms with van der Waals surface area (Å²) in [5.41, 5.74) is 6.83. The smallest absolute Gasteiger partial charge is 0.326 e. The van der Waals surface area contributed by atoms with Crippen molar-refractivity contribution in [2.75, 3.05) is 0 Å². The number of carbonyl (C=O) groups excluding carboxylic acids is 5. The fourth-order valence-corrected chi connectivity index (χ4v) is 4.73. The van der Waals surface area contributed by atoms with Crippen LogP contribution in [0.1, 0.15) is 43.2 Å². The summed E-state index contributed by atoms with van der Waals surface area (Å²) in [6.07, 6.45) is -3.24. The van der Waals surface area contributed by atoms with Crippen molar-refractivity contribution < 1.29 is 63.6 Å². The molecule has 0 bridgehead atoms. The number of rotatable bonds is 22. The van der Waals surface area contributed by atoms with Crippen molar-refractivity contribution in [3.8, 4) is 0 Å². The number of hydrogen-bond donors (Lipinski definition) is 10. The van der Waals surface area contributed by atoms with Gasteiger partial charge in [-0.3, -0.25) is 24.0 Å². The van der Waals surface area contributed by atoms with Crippen LogP contribution in [0.5, 0.6) is 0 Å². The third kappa shape index (κ3) is 15.3. The molecule has 0 unspecified atom stereocenters. The third-order valence-electron chi connectivity index (χ3n) is 7.41. The zero-order valence-corrected chi connectivity index (χ0v) is 27.7. The Bertz CT molecular complexity index is 1610. The first kappa shape index (κ1) is 41.6. The van der Waals surface area contributed by atoms with Gasteiger partial charge in [-0.2, -0.15) is 0 Å². The molecule has 0 fully saturated rings. The summed E-state index contributed by atoms with van der Waals surface area (Å²) in [6, 6.07) is 8.16. The summed E-state index contributed by atoms with van der Waals surface area (Å²) in [5.74, 6) is -9.79. The van der Waals surface area contributed by atoms with Crippen molar-refractivity contribution in [1.82, 2.24) is 26.6 Å². The fourth-order valence-electron chi connectivity index (χ4n) is 4.73. The molecule has 5 atom stereocenters. The van der Waals surface area contributed by atoms with Crippen molar-refractivity contribution >= 4 is 53.5 Å². The molecule has 0 aliphatic rings. The Kier molecular flexibility index (Phi) is 16.7.